The van der Waals surface area contributed by atoms with Crippen molar-refractivity contribution in [3.8, 4) is 5.75 Å². The highest BCUT2D eigenvalue weighted by Crippen LogP contribution is 2.28. The van der Waals surface area contributed by atoms with Gasteiger partial charge in [-0.05, 0) is 25.0 Å². The second-order valence-electron chi connectivity index (χ2n) is 5.40. The van der Waals surface area contributed by atoms with E-state index in [1.807, 2.05) is 6.07 Å². The zero-order valence-corrected chi connectivity index (χ0v) is 12.2. The fourth-order valence-corrected chi connectivity index (χ4v) is 2.18. The van der Waals surface area contributed by atoms with E-state index in [0.29, 0.717) is 17.6 Å². The van der Waals surface area contributed by atoms with Gasteiger partial charge in [-0.2, -0.15) is 0 Å². The van der Waals surface area contributed by atoms with Crippen molar-refractivity contribution in [2.24, 2.45) is 0 Å². The highest BCUT2D eigenvalue weighted by molar-refractivity contribution is 5.82. The van der Waals surface area contributed by atoms with Crippen molar-refractivity contribution in [2.75, 3.05) is 0 Å². The SMILES string of the molecule is Cc1cnc(COc2cc3[nH]c(C(C)C)cc3cc2F)o1. The molecule has 0 saturated carbocycles. The van der Waals surface area contributed by atoms with Crippen LogP contribution in [-0.2, 0) is 6.61 Å². The molecule has 3 rings (SSSR count). The predicted molar refractivity (Wildman–Crippen MR) is 77.9 cm³/mol. The van der Waals surface area contributed by atoms with Crippen LogP contribution >= 0.6 is 0 Å². The molecule has 4 nitrogen and oxygen atoms in total. The molecule has 2 aromatic heterocycles. The minimum absolute atomic E-state index is 0.105. The first-order chi connectivity index (χ1) is 10.0. The number of ether oxygens (including phenoxy) is 1. The summed E-state index contributed by atoms with van der Waals surface area (Å²) in [4.78, 5) is 7.31. The molecule has 21 heavy (non-hydrogen) atoms. The van der Waals surface area contributed by atoms with Crippen molar-refractivity contribution >= 4 is 10.9 Å². The topological polar surface area (TPSA) is 51.0 Å². The normalized spacial score (nSPS) is 11.5. The number of fused-ring (bicyclic) bond motifs is 1. The van der Waals surface area contributed by atoms with Gasteiger partial charge in [0.25, 0.3) is 0 Å². The van der Waals surface area contributed by atoms with Gasteiger partial charge in [0.05, 0.1) is 6.20 Å². The number of oxazole rings is 1. The van der Waals surface area contributed by atoms with Gasteiger partial charge >= 0.3 is 0 Å². The Morgan fingerprint density at radius 3 is 2.81 bits per heavy atom. The number of H-pyrrole nitrogens is 1. The first-order valence-corrected chi connectivity index (χ1v) is 6.89. The smallest absolute Gasteiger partial charge is 0.232 e. The van der Waals surface area contributed by atoms with E-state index in [-0.39, 0.29) is 18.2 Å². The average molecular weight is 288 g/mol. The van der Waals surface area contributed by atoms with Crippen molar-refractivity contribution in [1.82, 2.24) is 9.97 Å². The van der Waals surface area contributed by atoms with Gasteiger partial charge < -0.3 is 14.1 Å². The number of rotatable bonds is 4. The van der Waals surface area contributed by atoms with Crippen LogP contribution in [0.15, 0.2) is 28.8 Å². The second-order valence-corrected chi connectivity index (χ2v) is 5.40. The van der Waals surface area contributed by atoms with Gasteiger partial charge in [-0.15, -0.1) is 0 Å². The predicted octanol–water partition coefficient (Wildman–Crippen LogP) is 4.31. The van der Waals surface area contributed by atoms with E-state index < -0.39 is 0 Å². The Balaban J connectivity index is 1.86. The number of benzene rings is 1. The maximum atomic E-state index is 14.0. The first kappa shape index (κ1) is 13.7. The van der Waals surface area contributed by atoms with E-state index >= 15 is 0 Å². The fraction of sp³-hybridized carbons (Fsp3) is 0.312. The summed E-state index contributed by atoms with van der Waals surface area (Å²) in [5, 5.41) is 0.843. The molecule has 0 saturated heterocycles. The Labute approximate surface area is 121 Å². The summed E-state index contributed by atoms with van der Waals surface area (Å²) in [5.74, 6) is 1.30. The molecule has 1 aromatic carbocycles. The van der Waals surface area contributed by atoms with Crippen LogP contribution in [-0.4, -0.2) is 9.97 Å². The minimum atomic E-state index is -0.389. The monoisotopic (exact) mass is 288 g/mol. The molecule has 3 aromatic rings. The second kappa shape index (κ2) is 5.24. The van der Waals surface area contributed by atoms with E-state index in [0.717, 1.165) is 16.6 Å². The van der Waals surface area contributed by atoms with Gasteiger partial charge in [0.15, 0.2) is 18.2 Å². The third kappa shape index (κ3) is 2.77. The zero-order valence-electron chi connectivity index (χ0n) is 12.2. The van der Waals surface area contributed by atoms with Crippen molar-refractivity contribution < 1.29 is 13.5 Å². The molecule has 0 aliphatic heterocycles. The molecule has 5 heteroatoms. The molecule has 0 spiro atoms. The zero-order chi connectivity index (χ0) is 15.0. The van der Waals surface area contributed by atoms with Crippen LogP contribution in [0.4, 0.5) is 4.39 Å². The number of nitrogens with one attached hydrogen (secondary N) is 1. The summed E-state index contributed by atoms with van der Waals surface area (Å²) in [6.07, 6.45) is 1.61. The van der Waals surface area contributed by atoms with E-state index in [4.69, 9.17) is 9.15 Å². The Morgan fingerprint density at radius 2 is 2.14 bits per heavy atom. The first-order valence-electron chi connectivity index (χ1n) is 6.89. The van der Waals surface area contributed by atoms with Crippen LogP contribution in [0.2, 0.25) is 0 Å². The average Bonchev–Trinajstić information content (AvgIpc) is 3.02. The molecule has 0 atom stereocenters. The summed E-state index contributed by atoms with van der Waals surface area (Å²) in [5.41, 5.74) is 1.93. The number of hydrogen-bond acceptors (Lipinski definition) is 3. The van der Waals surface area contributed by atoms with Gasteiger partial charge in [0.1, 0.15) is 5.76 Å². The quantitative estimate of drug-likeness (QED) is 0.778. The Kier molecular flexibility index (Phi) is 3.41. The Morgan fingerprint density at radius 1 is 1.33 bits per heavy atom. The molecular formula is C16H17FN2O2. The van der Waals surface area contributed by atoms with E-state index in [1.54, 1.807) is 19.2 Å². The number of aromatic amines is 1. The minimum Gasteiger partial charge on any atom is -0.481 e. The number of halogens is 1. The summed E-state index contributed by atoms with van der Waals surface area (Å²) in [6.45, 7) is 6.08. The molecule has 110 valence electrons. The Bertz CT molecular complexity index is 774. The van der Waals surface area contributed by atoms with Crippen LogP contribution in [0.3, 0.4) is 0 Å². The fourth-order valence-electron chi connectivity index (χ4n) is 2.18. The molecule has 0 bridgehead atoms. The number of hydrogen-bond donors (Lipinski definition) is 1. The van der Waals surface area contributed by atoms with Crippen molar-refractivity contribution in [3.05, 3.63) is 47.6 Å². The van der Waals surface area contributed by atoms with Gasteiger partial charge in [-0.3, -0.25) is 0 Å². The van der Waals surface area contributed by atoms with Crippen LogP contribution in [0.25, 0.3) is 10.9 Å². The molecule has 0 aliphatic rings. The summed E-state index contributed by atoms with van der Waals surface area (Å²) < 4.78 is 24.8. The van der Waals surface area contributed by atoms with Gasteiger partial charge in [0.2, 0.25) is 5.89 Å². The third-order valence-electron chi connectivity index (χ3n) is 3.34. The molecule has 0 amide bonds. The van der Waals surface area contributed by atoms with Crippen LogP contribution < -0.4 is 4.74 Å². The summed E-state index contributed by atoms with van der Waals surface area (Å²) in [7, 11) is 0. The van der Waals surface area contributed by atoms with Gasteiger partial charge in [-0.25, -0.2) is 9.37 Å². The molecule has 1 N–H and O–H groups in total. The maximum absolute atomic E-state index is 14.0. The summed E-state index contributed by atoms with van der Waals surface area (Å²) in [6, 6.07) is 5.12. The molecule has 0 aliphatic carbocycles. The standard InChI is InChI=1S/C16H17FN2O2/c1-9(2)13-5-11-4-12(17)15(6-14(11)19-13)20-8-16-18-7-10(3)21-16/h4-7,9,19H,8H2,1-3H3. The molecule has 0 fully saturated rings. The van der Waals surface area contributed by atoms with E-state index in [9.17, 15) is 4.39 Å². The highest BCUT2D eigenvalue weighted by Gasteiger charge is 2.11. The third-order valence-corrected chi connectivity index (χ3v) is 3.34. The van der Waals surface area contributed by atoms with Crippen LogP contribution in [0, 0.1) is 12.7 Å². The van der Waals surface area contributed by atoms with Crippen LogP contribution in [0.5, 0.6) is 5.75 Å². The highest BCUT2D eigenvalue weighted by atomic mass is 19.1. The lowest BCUT2D eigenvalue weighted by molar-refractivity contribution is 0.250. The van der Waals surface area contributed by atoms with E-state index in [2.05, 4.69) is 23.8 Å². The number of nitrogens with zero attached hydrogens (tertiary/aromatic N) is 1. The lowest BCUT2D eigenvalue weighted by Gasteiger charge is -2.05. The van der Waals surface area contributed by atoms with Gasteiger partial charge in [0, 0.05) is 22.7 Å². The largest absolute Gasteiger partial charge is 0.481 e. The Hall–Kier alpha value is -2.30. The molecule has 0 unspecified atom stereocenters. The van der Waals surface area contributed by atoms with Crippen molar-refractivity contribution in [2.45, 2.75) is 33.3 Å². The lowest BCUT2D eigenvalue weighted by Crippen LogP contribution is -1.97. The van der Waals surface area contributed by atoms with E-state index in [1.165, 1.54) is 6.07 Å². The number of aromatic nitrogens is 2. The summed E-state index contributed by atoms with van der Waals surface area (Å²) >= 11 is 0. The molecular weight excluding hydrogens is 271 g/mol. The van der Waals surface area contributed by atoms with Gasteiger partial charge in [-0.1, -0.05) is 13.8 Å². The maximum Gasteiger partial charge on any atom is 0.232 e. The van der Waals surface area contributed by atoms with Crippen LogP contribution in [0.1, 0.15) is 37.1 Å². The van der Waals surface area contributed by atoms with Crippen molar-refractivity contribution in [3.63, 3.8) is 0 Å². The van der Waals surface area contributed by atoms with Crippen molar-refractivity contribution in [1.29, 1.82) is 0 Å². The molecule has 0 radical (unpaired) electrons. The lowest BCUT2D eigenvalue weighted by atomic mass is 10.1. The molecule has 2 heterocycles. The number of aryl methyl sites for hydroxylation is 1.